The van der Waals surface area contributed by atoms with Crippen molar-refractivity contribution in [3.63, 3.8) is 0 Å². The number of non-ortho nitro benzene ring substituents is 1. The zero-order valence-corrected chi connectivity index (χ0v) is 12.6. The maximum Gasteiger partial charge on any atom is 0.269 e. The zero-order valence-electron chi connectivity index (χ0n) is 12.6. The number of nitro groups is 1. The van der Waals surface area contributed by atoms with E-state index in [0.717, 1.165) is 16.9 Å². The SMILES string of the molecule is CC(Nc1ccc([N+](=O)[O-])cc1)c1ccc(-n2cccn2)cc1. The highest BCUT2D eigenvalue weighted by Gasteiger charge is 2.08. The van der Waals surface area contributed by atoms with Gasteiger partial charge in [-0.3, -0.25) is 10.1 Å². The minimum absolute atomic E-state index is 0.0862. The van der Waals surface area contributed by atoms with E-state index in [2.05, 4.69) is 10.4 Å². The number of anilines is 1. The normalized spacial score (nSPS) is 11.9. The Labute approximate surface area is 133 Å². The summed E-state index contributed by atoms with van der Waals surface area (Å²) in [6.45, 7) is 2.05. The molecule has 0 bridgehead atoms. The van der Waals surface area contributed by atoms with Crippen molar-refractivity contribution < 1.29 is 4.92 Å². The molecule has 0 fully saturated rings. The van der Waals surface area contributed by atoms with E-state index in [-0.39, 0.29) is 11.7 Å². The molecular formula is C17H16N4O2. The Hall–Kier alpha value is -3.15. The lowest BCUT2D eigenvalue weighted by molar-refractivity contribution is -0.384. The third-order valence-electron chi connectivity index (χ3n) is 3.62. The van der Waals surface area contributed by atoms with E-state index in [1.54, 1.807) is 23.0 Å². The van der Waals surface area contributed by atoms with Crippen LogP contribution in [0.15, 0.2) is 67.0 Å². The highest BCUT2D eigenvalue weighted by Crippen LogP contribution is 2.22. The lowest BCUT2D eigenvalue weighted by Gasteiger charge is -2.16. The van der Waals surface area contributed by atoms with Gasteiger partial charge in [0.1, 0.15) is 0 Å². The summed E-state index contributed by atoms with van der Waals surface area (Å²) in [6.07, 6.45) is 3.64. The smallest absolute Gasteiger partial charge is 0.269 e. The number of nitrogens with zero attached hydrogens (tertiary/aromatic N) is 3. The van der Waals surface area contributed by atoms with Crippen molar-refractivity contribution in [2.45, 2.75) is 13.0 Å². The average molecular weight is 308 g/mol. The molecule has 0 aliphatic rings. The molecule has 0 saturated heterocycles. The Bertz CT molecular complexity index is 780. The molecule has 0 aliphatic carbocycles. The molecule has 6 nitrogen and oxygen atoms in total. The zero-order chi connectivity index (χ0) is 16.2. The number of aromatic nitrogens is 2. The van der Waals surface area contributed by atoms with Crippen molar-refractivity contribution in [1.29, 1.82) is 0 Å². The summed E-state index contributed by atoms with van der Waals surface area (Å²) in [4.78, 5) is 10.3. The van der Waals surface area contributed by atoms with Gasteiger partial charge in [-0.2, -0.15) is 5.10 Å². The number of benzene rings is 2. The second-order valence-corrected chi connectivity index (χ2v) is 5.21. The van der Waals surface area contributed by atoms with Crippen LogP contribution in [0.2, 0.25) is 0 Å². The molecule has 1 heterocycles. The third kappa shape index (κ3) is 3.37. The first-order chi connectivity index (χ1) is 11.1. The number of rotatable bonds is 5. The summed E-state index contributed by atoms with van der Waals surface area (Å²) in [6, 6.07) is 16.5. The summed E-state index contributed by atoms with van der Waals surface area (Å²) in [7, 11) is 0. The summed E-state index contributed by atoms with van der Waals surface area (Å²) < 4.78 is 1.80. The first kappa shape index (κ1) is 14.8. The molecule has 1 unspecified atom stereocenters. The first-order valence-electron chi connectivity index (χ1n) is 7.24. The number of hydrogen-bond donors (Lipinski definition) is 1. The van der Waals surface area contributed by atoms with Gasteiger partial charge in [0.2, 0.25) is 0 Å². The Morgan fingerprint density at radius 1 is 1.13 bits per heavy atom. The highest BCUT2D eigenvalue weighted by molar-refractivity contribution is 5.50. The van der Waals surface area contributed by atoms with Crippen LogP contribution in [0.5, 0.6) is 0 Å². The van der Waals surface area contributed by atoms with Crippen molar-refractivity contribution >= 4 is 11.4 Å². The molecule has 116 valence electrons. The Morgan fingerprint density at radius 2 is 1.83 bits per heavy atom. The molecule has 0 amide bonds. The summed E-state index contributed by atoms with van der Waals surface area (Å²) in [5.74, 6) is 0. The van der Waals surface area contributed by atoms with E-state index < -0.39 is 4.92 Å². The second kappa shape index (κ2) is 6.31. The number of hydrogen-bond acceptors (Lipinski definition) is 4. The predicted molar refractivity (Wildman–Crippen MR) is 88.7 cm³/mol. The second-order valence-electron chi connectivity index (χ2n) is 5.21. The van der Waals surface area contributed by atoms with Gasteiger partial charge in [0.15, 0.2) is 0 Å². The van der Waals surface area contributed by atoms with Gasteiger partial charge < -0.3 is 5.32 Å². The Balaban J connectivity index is 1.70. The number of nitro benzene ring substituents is 1. The van der Waals surface area contributed by atoms with Crippen molar-refractivity contribution in [3.05, 3.63) is 82.7 Å². The van der Waals surface area contributed by atoms with Crippen LogP contribution in [-0.4, -0.2) is 14.7 Å². The van der Waals surface area contributed by atoms with Gasteiger partial charge in [0, 0.05) is 36.3 Å². The maximum atomic E-state index is 10.7. The van der Waals surface area contributed by atoms with Crippen LogP contribution in [0.25, 0.3) is 5.69 Å². The molecule has 0 aliphatic heterocycles. The van der Waals surface area contributed by atoms with E-state index in [9.17, 15) is 10.1 Å². The fourth-order valence-electron chi connectivity index (χ4n) is 2.35. The van der Waals surface area contributed by atoms with E-state index >= 15 is 0 Å². The molecule has 6 heteroatoms. The van der Waals surface area contributed by atoms with Gasteiger partial charge in [-0.15, -0.1) is 0 Å². The lowest BCUT2D eigenvalue weighted by atomic mass is 10.1. The summed E-state index contributed by atoms with van der Waals surface area (Å²) >= 11 is 0. The van der Waals surface area contributed by atoms with Crippen LogP contribution < -0.4 is 5.32 Å². The minimum atomic E-state index is -0.402. The molecule has 1 atom stereocenters. The molecular weight excluding hydrogens is 292 g/mol. The maximum absolute atomic E-state index is 10.7. The van der Waals surface area contributed by atoms with E-state index in [1.807, 2.05) is 43.5 Å². The van der Waals surface area contributed by atoms with Crippen molar-refractivity contribution in [2.24, 2.45) is 0 Å². The van der Waals surface area contributed by atoms with Crippen LogP contribution in [-0.2, 0) is 0 Å². The van der Waals surface area contributed by atoms with Crippen LogP contribution in [0.1, 0.15) is 18.5 Å². The molecule has 3 aromatic rings. The minimum Gasteiger partial charge on any atom is -0.379 e. The van der Waals surface area contributed by atoms with Gasteiger partial charge in [0.05, 0.1) is 10.6 Å². The Morgan fingerprint density at radius 3 is 2.39 bits per heavy atom. The van der Waals surface area contributed by atoms with Crippen LogP contribution in [0, 0.1) is 10.1 Å². The topological polar surface area (TPSA) is 73.0 Å². The summed E-state index contributed by atoms with van der Waals surface area (Å²) in [5, 5.41) is 18.2. The molecule has 23 heavy (non-hydrogen) atoms. The quantitative estimate of drug-likeness (QED) is 0.572. The van der Waals surface area contributed by atoms with Gasteiger partial charge in [-0.25, -0.2) is 4.68 Å². The monoisotopic (exact) mass is 308 g/mol. The van der Waals surface area contributed by atoms with E-state index in [4.69, 9.17) is 0 Å². The van der Waals surface area contributed by atoms with E-state index in [0.29, 0.717) is 0 Å². The van der Waals surface area contributed by atoms with Crippen LogP contribution in [0.4, 0.5) is 11.4 Å². The fourth-order valence-corrected chi connectivity index (χ4v) is 2.35. The molecule has 0 spiro atoms. The van der Waals surface area contributed by atoms with Crippen molar-refractivity contribution in [2.75, 3.05) is 5.32 Å². The molecule has 2 aromatic carbocycles. The fraction of sp³-hybridized carbons (Fsp3) is 0.118. The van der Waals surface area contributed by atoms with E-state index in [1.165, 1.54) is 12.1 Å². The molecule has 3 rings (SSSR count). The molecule has 0 saturated carbocycles. The Kier molecular flexibility index (Phi) is 4.05. The molecule has 1 aromatic heterocycles. The van der Waals surface area contributed by atoms with Gasteiger partial charge in [-0.05, 0) is 42.8 Å². The van der Waals surface area contributed by atoms with Crippen molar-refractivity contribution in [1.82, 2.24) is 9.78 Å². The predicted octanol–water partition coefficient (Wildman–Crippen LogP) is 3.95. The van der Waals surface area contributed by atoms with Crippen LogP contribution >= 0.6 is 0 Å². The number of nitrogens with one attached hydrogen (secondary N) is 1. The van der Waals surface area contributed by atoms with Crippen LogP contribution in [0.3, 0.4) is 0 Å². The summed E-state index contributed by atoms with van der Waals surface area (Å²) in [5.41, 5.74) is 3.06. The van der Waals surface area contributed by atoms with Gasteiger partial charge in [-0.1, -0.05) is 12.1 Å². The van der Waals surface area contributed by atoms with Gasteiger partial charge in [0.25, 0.3) is 5.69 Å². The average Bonchev–Trinajstić information content (AvgIpc) is 3.10. The third-order valence-corrected chi connectivity index (χ3v) is 3.62. The highest BCUT2D eigenvalue weighted by atomic mass is 16.6. The first-order valence-corrected chi connectivity index (χ1v) is 7.24. The van der Waals surface area contributed by atoms with Crippen molar-refractivity contribution in [3.8, 4) is 5.69 Å². The lowest BCUT2D eigenvalue weighted by Crippen LogP contribution is -2.07. The molecule has 0 radical (unpaired) electrons. The standard InChI is InChI=1S/C17H16N4O2/c1-13(19-15-5-9-17(10-6-15)21(22)23)14-3-7-16(8-4-14)20-12-2-11-18-20/h2-13,19H,1H3. The van der Waals surface area contributed by atoms with Gasteiger partial charge >= 0.3 is 0 Å². The largest absolute Gasteiger partial charge is 0.379 e. The molecule has 1 N–H and O–H groups in total.